The highest BCUT2D eigenvalue weighted by atomic mass is 32.1. The number of carbonyl (C=O) groups excluding carboxylic acids is 1. The number of nitrogens with one attached hydrogen (secondary N) is 1. The van der Waals surface area contributed by atoms with E-state index in [2.05, 4.69) is 10.3 Å². The van der Waals surface area contributed by atoms with Crippen LogP contribution >= 0.6 is 11.3 Å². The van der Waals surface area contributed by atoms with Crippen LogP contribution in [0.5, 0.6) is 5.75 Å². The van der Waals surface area contributed by atoms with Gasteiger partial charge in [0.05, 0.1) is 25.3 Å². The summed E-state index contributed by atoms with van der Waals surface area (Å²) in [7, 11) is 1.64. The number of ether oxygens (including phenoxy) is 1. The molecule has 1 atom stereocenters. The summed E-state index contributed by atoms with van der Waals surface area (Å²) in [5, 5.41) is 5.05. The van der Waals surface area contributed by atoms with E-state index in [9.17, 15) is 4.79 Å². The van der Waals surface area contributed by atoms with Crippen LogP contribution in [0.2, 0.25) is 0 Å². The number of nitrogens with zero attached hydrogens (tertiary/aromatic N) is 2. The lowest BCUT2D eigenvalue weighted by Crippen LogP contribution is -2.28. The molecule has 1 amide bonds. The van der Waals surface area contributed by atoms with Gasteiger partial charge in [0.2, 0.25) is 5.91 Å². The third kappa shape index (κ3) is 3.64. The van der Waals surface area contributed by atoms with Gasteiger partial charge in [-0.1, -0.05) is 48.5 Å². The fourth-order valence-corrected chi connectivity index (χ4v) is 4.14. The van der Waals surface area contributed by atoms with Gasteiger partial charge in [0, 0.05) is 28.4 Å². The van der Waals surface area contributed by atoms with Gasteiger partial charge in [-0.05, 0) is 13.0 Å². The third-order valence-corrected chi connectivity index (χ3v) is 5.57. The van der Waals surface area contributed by atoms with Gasteiger partial charge < -0.3 is 10.1 Å². The zero-order valence-corrected chi connectivity index (χ0v) is 16.6. The molecule has 0 aliphatic heterocycles. The van der Waals surface area contributed by atoms with E-state index in [0.29, 0.717) is 6.42 Å². The minimum Gasteiger partial charge on any atom is -0.496 e. The van der Waals surface area contributed by atoms with Crippen LogP contribution in [0.1, 0.15) is 24.2 Å². The predicted octanol–water partition coefficient (Wildman–Crippen LogP) is 4.49. The second kappa shape index (κ2) is 7.86. The number of thiazole rings is 1. The fourth-order valence-electron chi connectivity index (χ4n) is 3.26. The zero-order valence-electron chi connectivity index (χ0n) is 15.8. The van der Waals surface area contributed by atoms with Crippen LogP contribution in [0.3, 0.4) is 0 Å². The average Bonchev–Trinajstić information content (AvgIpc) is 3.30. The Hall–Kier alpha value is -3.12. The van der Waals surface area contributed by atoms with E-state index in [4.69, 9.17) is 4.74 Å². The number of fused-ring (bicyclic) bond motifs is 1. The fraction of sp³-hybridized carbons (Fsp3) is 0.182. The van der Waals surface area contributed by atoms with Crippen LogP contribution < -0.4 is 10.1 Å². The first-order chi connectivity index (χ1) is 13.7. The van der Waals surface area contributed by atoms with Crippen LogP contribution in [0.4, 0.5) is 0 Å². The highest BCUT2D eigenvalue weighted by molar-refractivity contribution is 7.15. The minimum absolute atomic E-state index is 0.0342. The Balaban J connectivity index is 1.50. The van der Waals surface area contributed by atoms with E-state index in [0.717, 1.165) is 33.2 Å². The Labute approximate surface area is 167 Å². The number of hydrogen-bond acceptors (Lipinski definition) is 4. The molecule has 2 aromatic heterocycles. The summed E-state index contributed by atoms with van der Waals surface area (Å²) in [6, 6.07) is 17.6. The van der Waals surface area contributed by atoms with Gasteiger partial charge in [-0.2, -0.15) is 0 Å². The van der Waals surface area contributed by atoms with Crippen LogP contribution in [-0.2, 0) is 11.2 Å². The van der Waals surface area contributed by atoms with Crippen molar-refractivity contribution in [3.8, 4) is 17.0 Å². The van der Waals surface area contributed by atoms with Crippen molar-refractivity contribution in [2.24, 2.45) is 0 Å². The van der Waals surface area contributed by atoms with Gasteiger partial charge in [0.25, 0.3) is 0 Å². The molecule has 4 aromatic rings. The first-order valence-electron chi connectivity index (χ1n) is 9.09. The minimum atomic E-state index is -0.138. The van der Waals surface area contributed by atoms with Gasteiger partial charge in [0.15, 0.2) is 4.96 Å². The van der Waals surface area contributed by atoms with Gasteiger partial charge in [-0.3, -0.25) is 9.20 Å². The summed E-state index contributed by atoms with van der Waals surface area (Å²) in [5.74, 6) is 0.739. The van der Waals surface area contributed by atoms with E-state index >= 15 is 0 Å². The van der Waals surface area contributed by atoms with Crippen molar-refractivity contribution in [3.63, 3.8) is 0 Å². The maximum atomic E-state index is 12.6. The molecule has 0 aliphatic carbocycles. The SMILES string of the molecule is COc1ccccc1[C@@H](C)NC(=O)Cc1csc2nc(-c3ccccc3)cn12. The topological polar surface area (TPSA) is 55.6 Å². The smallest absolute Gasteiger partial charge is 0.226 e. The number of para-hydroxylation sites is 1. The first kappa shape index (κ1) is 18.3. The molecule has 5 nitrogen and oxygen atoms in total. The molecule has 2 aromatic carbocycles. The van der Waals surface area contributed by atoms with E-state index in [1.807, 2.05) is 77.5 Å². The highest BCUT2D eigenvalue weighted by Gasteiger charge is 2.16. The largest absolute Gasteiger partial charge is 0.496 e. The maximum absolute atomic E-state index is 12.6. The molecule has 6 heteroatoms. The average molecular weight is 391 g/mol. The standard InChI is InChI=1S/C22H21N3O2S/c1-15(18-10-6-7-11-20(18)27-2)23-21(26)12-17-14-28-22-24-19(13-25(17)22)16-8-4-3-5-9-16/h3-11,13-15H,12H2,1-2H3,(H,23,26)/t15-/m1/s1. The third-order valence-electron chi connectivity index (χ3n) is 4.68. The summed E-state index contributed by atoms with van der Waals surface area (Å²) < 4.78 is 7.39. The van der Waals surface area contributed by atoms with Crippen molar-refractivity contribution in [3.05, 3.63) is 77.4 Å². The van der Waals surface area contributed by atoms with Crippen molar-refractivity contribution in [2.75, 3.05) is 7.11 Å². The van der Waals surface area contributed by atoms with Crippen LogP contribution in [0, 0.1) is 0 Å². The Morgan fingerprint density at radius 3 is 2.71 bits per heavy atom. The summed E-state index contributed by atoms with van der Waals surface area (Å²) in [5.41, 5.74) is 3.87. The van der Waals surface area contributed by atoms with E-state index in [1.54, 1.807) is 18.4 Å². The summed E-state index contributed by atoms with van der Waals surface area (Å²) in [6.45, 7) is 1.96. The molecule has 0 fully saturated rings. The Bertz CT molecular complexity index is 1100. The number of imidazole rings is 1. The second-order valence-corrected chi connectivity index (χ2v) is 7.42. The van der Waals surface area contributed by atoms with Gasteiger partial charge in [0.1, 0.15) is 5.75 Å². The second-order valence-electron chi connectivity index (χ2n) is 6.58. The lowest BCUT2D eigenvalue weighted by molar-refractivity contribution is -0.121. The van der Waals surface area contributed by atoms with Crippen LogP contribution in [-0.4, -0.2) is 22.4 Å². The number of amides is 1. The van der Waals surface area contributed by atoms with E-state index in [-0.39, 0.29) is 11.9 Å². The Kier molecular flexibility index (Phi) is 5.12. The van der Waals surface area contributed by atoms with Gasteiger partial charge in [-0.15, -0.1) is 11.3 Å². The van der Waals surface area contributed by atoms with E-state index < -0.39 is 0 Å². The molecule has 28 heavy (non-hydrogen) atoms. The predicted molar refractivity (Wildman–Crippen MR) is 112 cm³/mol. The Morgan fingerprint density at radius 1 is 1.18 bits per heavy atom. The monoisotopic (exact) mass is 391 g/mol. The lowest BCUT2D eigenvalue weighted by Gasteiger charge is -2.17. The number of rotatable bonds is 6. The number of carbonyl (C=O) groups is 1. The summed E-state index contributed by atoms with van der Waals surface area (Å²) >= 11 is 1.54. The molecule has 0 unspecified atom stereocenters. The molecular formula is C22H21N3O2S. The molecule has 2 heterocycles. The normalized spacial score (nSPS) is 12.1. The molecule has 0 bridgehead atoms. The quantitative estimate of drug-likeness (QED) is 0.527. The van der Waals surface area contributed by atoms with Crippen molar-refractivity contribution in [1.29, 1.82) is 0 Å². The first-order valence-corrected chi connectivity index (χ1v) is 9.97. The number of methoxy groups -OCH3 is 1. The van der Waals surface area contributed by atoms with Crippen LogP contribution in [0.15, 0.2) is 66.2 Å². The molecule has 4 rings (SSSR count). The molecule has 0 radical (unpaired) electrons. The Morgan fingerprint density at radius 2 is 1.93 bits per heavy atom. The number of aromatic nitrogens is 2. The summed E-state index contributed by atoms with van der Waals surface area (Å²) in [6.07, 6.45) is 2.29. The van der Waals surface area contributed by atoms with Crippen molar-refractivity contribution in [1.82, 2.24) is 14.7 Å². The molecular weight excluding hydrogens is 370 g/mol. The maximum Gasteiger partial charge on any atom is 0.226 e. The summed E-state index contributed by atoms with van der Waals surface area (Å²) in [4.78, 5) is 18.2. The van der Waals surface area contributed by atoms with Gasteiger partial charge in [-0.25, -0.2) is 4.98 Å². The molecule has 0 spiro atoms. The van der Waals surface area contributed by atoms with Crippen LogP contribution in [0.25, 0.3) is 16.2 Å². The molecule has 142 valence electrons. The molecule has 0 saturated heterocycles. The number of benzene rings is 2. The van der Waals surface area contributed by atoms with Crippen molar-refractivity contribution in [2.45, 2.75) is 19.4 Å². The zero-order chi connectivity index (χ0) is 19.5. The molecule has 0 aliphatic rings. The highest BCUT2D eigenvalue weighted by Crippen LogP contribution is 2.26. The van der Waals surface area contributed by atoms with Crippen molar-refractivity contribution >= 4 is 22.2 Å². The molecule has 0 saturated carbocycles. The van der Waals surface area contributed by atoms with Crippen molar-refractivity contribution < 1.29 is 9.53 Å². The lowest BCUT2D eigenvalue weighted by atomic mass is 10.1. The number of hydrogen-bond donors (Lipinski definition) is 1. The van der Waals surface area contributed by atoms with E-state index in [1.165, 1.54) is 0 Å². The van der Waals surface area contributed by atoms with Gasteiger partial charge >= 0.3 is 0 Å². The molecule has 1 N–H and O–H groups in total.